The second-order valence-corrected chi connectivity index (χ2v) is 5.96. The van der Waals surface area contributed by atoms with Crippen LogP contribution in [0.4, 0.5) is 4.39 Å². The predicted molar refractivity (Wildman–Crippen MR) is 67.4 cm³/mol. The van der Waals surface area contributed by atoms with Gasteiger partial charge in [0.05, 0.1) is 6.61 Å². The van der Waals surface area contributed by atoms with Gasteiger partial charge in [0.25, 0.3) is 0 Å². The Morgan fingerprint density at radius 1 is 1.44 bits per heavy atom. The molecule has 0 bridgehead atoms. The van der Waals surface area contributed by atoms with E-state index in [2.05, 4.69) is 4.72 Å². The number of aliphatic hydroxyl groups excluding tert-OH is 1. The van der Waals surface area contributed by atoms with Gasteiger partial charge in [-0.15, -0.1) is 0 Å². The number of benzene rings is 1. The Morgan fingerprint density at radius 3 is 2.67 bits per heavy atom. The highest BCUT2D eigenvalue weighted by Gasteiger charge is 2.21. The molecule has 2 N–H and O–H groups in total. The van der Waals surface area contributed by atoms with Crippen LogP contribution in [0, 0.1) is 5.82 Å². The fourth-order valence-electron chi connectivity index (χ4n) is 1.39. The van der Waals surface area contributed by atoms with E-state index in [0.29, 0.717) is 6.42 Å². The van der Waals surface area contributed by atoms with Crippen LogP contribution in [-0.4, -0.2) is 20.1 Å². The summed E-state index contributed by atoms with van der Waals surface area (Å²) in [6, 6.07) is 2.23. The first-order chi connectivity index (χ1) is 8.42. The smallest absolute Gasteiger partial charge is 0.243 e. The molecule has 0 fully saturated rings. The molecule has 102 valence electrons. The molecule has 0 saturated carbocycles. The molecule has 0 aliphatic carbocycles. The molecule has 1 aromatic carbocycles. The predicted octanol–water partition coefficient (Wildman–Crippen LogP) is 2.05. The zero-order valence-electron chi connectivity index (χ0n) is 9.91. The van der Waals surface area contributed by atoms with Gasteiger partial charge in [0.1, 0.15) is 10.7 Å². The molecule has 0 unspecified atom stereocenters. The zero-order valence-corrected chi connectivity index (χ0v) is 11.5. The molecular formula is C11H15ClFNO3S. The largest absolute Gasteiger partial charge is 0.392 e. The van der Waals surface area contributed by atoms with E-state index in [1.165, 1.54) is 6.07 Å². The minimum Gasteiger partial charge on any atom is -0.392 e. The summed E-state index contributed by atoms with van der Waals surface area (Å²) in [4.78, 5) is -0.532. The lowest BCUT2D eigenvalue weighted by atomic mass is 10.2. The van der Waals surface area contributed by atoms with Gasteiger partial charge in [0, 0.05) is 17.1 Å². The third-order valence-electron chi connectivity index (χ3n) is 2.36. The highest BCUT2D eigenvalue weighted by molar-refractivity contribution is 7.89. The maximum Gasteiger partial charge on any atom is 0.243 e. The van der Waals surface area contributed by atoms with Gasteiger partial charge in [-0.3, -0.25) is 0 Å². The van der Waals surface area contributed by atoms with E-state index in [9.17, 15) is 12.8 Å². The van der Waals surface area contributed by atoms with Crippen LogP contribution in [0.1, 0.15) is 25.3 Å². The minimum atomic E-state index is -3.94. The van der Waals surface area contributed by atoms with Crippen LogP contribution in [0.15, 0.2) is 17.0 Å². The van der Waals surface area contributed by atoms with E-state index in [0.717, 1.165) is 12.5 Å². The fourth-order valence-corrected chi connectivity index (χ4v) is 2.91. The van der Waals surface area contributed by atoms with Gasteiger partial charge in [0.2, 0.25) is 10.0 Å². The van der Waals surface area contributed by atoms with Gasteiger partial charge in [0.15, 0.2) is 0 Å². The molecule has 0 aliphatic heterocycles. The van der Waals surface area contributed by atoms with Crippen molar-refractivity contribution >= 4 is 21.6 Å². The Balaban J connectivity index is 3.12. The van der Waals surface area contributed by atoms with Gasteiger partial charge < -0.3 is 5.11 Å². The Bertz CT molecular complexity index is 519. The summed E-state index contributed by atoms with van der Waals surface area (Å²) in [7, 11) is -3.94. The standard InChI is InChI=1S/C11H15ClFNO3S/c1-2-3-4-14-18(16,17)10-6-9(12)5-8(7-15)11(10)13/h5-6,14-15H,2-4,7H2,1H3. The molecule has 0 amide bonds. The number of nitrogens with one attached hydrogen (secondary N) is 1. The van der Waals surface area contributed by atoms with Crippen molar-refractivity contribution in [1.82, 2.24) is 4.72 Å². The van der Waals surface area contributed by atoms with E-state index in [4.69, 9.17) is 16.7 Å². The molecule has 1 rings (SSSR count). The molecule has 0 saturated heterocycles. The number of unbranched alkanes of at least 4 members (excludes halogenated alkanes) is 1. The molecule has 0 spiro atoms. The first-order valence-corrected chi connectivity index (χ1v) is 7.37. The first kappa shape index (κ1) is 15.4. The Hall–Kier alpha value is -0.690. The van der Waals surface area contributed by atoms with Crippen LogP contribution in [0.3, 0.4) is 0 Å². The van der Waals surface area contributed by atoms with Crippen molar-refractivity contribution in [3.63, 3.8) is 0 Å². The van der Waals surface area contributed by atoms with Crippen molar-refractivity contribution in [3.05, 3.63) is 28.5 Å². The monoisotopic (exact) mass is 295 g/mol. The quantitative estimate of drug-likeness (QED) is 0.789. The van der Waals surface area contributed by atoms with Crippen molar-refractivity contribution in [3.8, 4) is 0 Å². The van der Waals surface area contributed by atoms with Crippen molar-refractivity contribution in [2.45, 2.75) is 31.3 Å². The highest BCUT2D eigenvalue weighted by atomic mass is 35.5. The molecule has 0 radical (unpaired) electrons. The van der Waals surface area contributed by atoms with Crippen LogP contribution in [0.25, 0.3) is 0 Å². The number of aliphatic hydroxyl groups is 1. The van der Waals surface area contributed by atoms with Crippen LogP contribution < -0.4 is 4.72 Å². The lowest BCUT2D eigenvalue weighted by Crippen LogP contribution is -2.26. The number of halogens is 2. The average molecular weight is 296 g/mol. The maximum absolute atomic E-state index is 13.8. The second kappa shape index (κ2) is 6.47. The van der Waals surface area contributed by atoms with Crippen LogP contribution >= 0.6 is 11.6 Å². The fraction of sp³-hybridized carbons (Fsp3) is 0.455. The van der Waals surface area contributed by atoms with Gasteiger partial charge in [-0.1, -0.05) is 24.9 Å². The second-order valence-electron chi connectivity index (χ2n) is 3.79. The Morgan fingerprint density at radius 2 is 2.11 bits per heavy atom. The Labute approximate surface area is 111 Å². The lowest BCUT2D eigenvalue weighted by Gasteiger charge is -2.10. The summed E-state index contributed by atoms with van der Waals surface area (Å²) in [6.45, 7) is 1.54. The Kier molecular flexibility index (Phi) is 5.52. The molecule has 18 heavy (non-hydrogen) atoms. The molecule has 0 heterocycles. The van der Waals surface area contributed by atoms with Gasteiger partial charge in [-0.2, -0.15) is 0 Å². The molecule has 4 nitrogen and oxygen atoms in total. The van der Waals surface area contributed by atoms with Crippen molar-refractivity contribution in [1.29, 1.82) is 0 Å². The van der Waals surface area contributed by atoms with Crippen LogP contribution in [0.2, 0.25) is 5.02 Å². The maximum atomic E-state index is 13.8. The van der Waals surface area contributed by atoms with Gasteiger partial charge in [-0.05, 0) is 18.6 Å². The van der Waals surface area contributed by atoms with Crippen LogP contribution in [0.5, 0.6) is 0 Å². The number of rotatable bonds is 6. The number of sulfonamides is 1. The van der Waals surface area contributed by atoms with Crippen molar-refractivity contribution in [2.75, 3.05) is 6.54 Å². The van der Waals surface area contributed by atoms with E-state index in [-0.39, 0.29) is 17.1 Å². The average Bonchev–Trinajstić information content (AvgIpc) is 2.31. The van der Waals surface area contributed by atoms with Gasteiger partial charge >= 0.3 is 0 Å². The number of hydrogen-bond donors (Lipinski definition) is 2. The molecule has 7 heteroatoms. The normalized spacial score (nSPS) is 11.8. The number of hydrogen-bond acceptors (Lipinski definition) is 3. The molecule has 0 aliphatic rings. The molecule has 0 atom stereocenters. The first-order valence-electron chi connectivity index (χ1n) is 5.50. The van der Waals surface area contributed by atoms with E-state index in [1.807, 2.05) is 6.92 Å². The lowest BCUT2D eigenvalue weighted by molar-refractivity contribution is 0.274. The zero-order chi connectivity index (χ0) is 13.8. The molecule has 0 aromatic heterocycles. The molecule has 1 aromatic rings. The summed E-state index contributed by atoms with van der Waals surface area (Å²) in [6.07, 6.45) is 1.48. The summed E-state index contributed by atoms with van der Waals surface area (Å²) in [5, 5.41) is 9.00. The minimum absolute atomic E-state index is 0.0660. The van der Waals surface area contributed by atoms with Crippen molar-refractivity contribution < 1.29 is 17.9 Å². The highest BCUT2D eigenvalue weighted by Crippen LogP contribution is 2.23. The van der Waals surface area contributed by atoms with Gasteiger partial charge in [-0.25, -0.2) is 17.5 Å². The van der Waals surface area contributed by atoms with E-state index < -0.39 is 27.3 Å². The summed E-state index contributed by atoms with van der Waals surface area (Å²) >= 11 is 5.70. The summed E-state index contributed by atoms with van der Waals surface area (Å²) in [5.41, 5.74) is -0.140. The topological polar surface area (TPSA) is 66.4 Å². The molecular weight excluding hydrogens is 281 g/mol. The van der Waals surface area contributed by atoms with E-state index in [1.54, 1.807) is 0 Å². The third-order valence-corrected chi connectivity index (χ3v) is 4.04. The SMILES string of the molecule is CCCCNS(=O)(=O)c1cc(Cl)cc(CO)c1F. The van der Waals surface area contributed by atoms with Crippen LogP contribution in [-0.2, 0) is 16.6 Å². The summed E-state index contributed by atoms with van der Waals surface area (Å²) < 4.78 is 39.8. The summed E-state index contributed by atoms with van der Waals surface area (Å²) in [5.74, 6) is -0.967. The third kappa shape index (κ3) is 3.65. The van der Waals surface area contributed by atoms with E-state index >= 15 is 0 Å². The van der Waals surface area contributed by atoms with Crippen molar-refractivity contribution in [2.24, 2.45) is 0 Å².